The van der Waals surface area contributed by atoms with Crippen molar-refractivity contribution in [2.45, 2.75) is 70.0 Å². The van der Waals surface area contributed by atoms with Gasteiger partial charge in [0.15, 0.2) is 0 Å². The van der Waals surface area contributed by atoms with Gasteiger partial charge in [-0.25, -0.2) is 9.59 Å². The molecule has 1 aliphatic heterocycles. The van der Waals surface area contributed by atoms with E-state index in [-0.39, 0.29) is 0 Å². The Morgan fingerprint density at radius 3 is 2.46 bits per heavy atom. The molecule has 24 heavy (non-hydrogen) atoms. The van der Waals surface area contributed by atoms with Gasteiger partial charge in [0, 0.05) is 6.54 Å². The Hall–Kier alpha value is -1.43. The molecule has 0 aromatic rings. The SMILES string of the molecule is C=CCCC(C)(OC(=O)N1CCCC1C(=O)OC(C)(C)S)C(=C)C. The number of hydrogen-bond donors (Lipinski definition) is 1. The van der Waals surface area contributed by atoms with E-state index < -0.39 is 28.6 Å². The number of carbonyl (C=O) groups excluding carboxylic acids is 2. The highest BCUT2D eigenvalue weighted by Crippen LogP contribution is 2.29. The Morgan fingerprint density at radius 1 is 1.33 bits per heavy atom. The number of allylic oxidation sites excluding steroid dienone is 1. The first-order valence-electron chi connectivity index (χ1n) is 8.22. The zero-order valence-electron chi connectivity index (χ0n) is 15.1. The molecule has 0 bridgehead atoms. The van der Waals surface area contributed by atoms with Gasteiger partial charge in [-0.15, -0.1) is 19.2 Å². The average molecular weight is 356 g/mol. The first kappa shape index (κ1) is 20.6. The largest absolute Gasteiger partial charge is 0.447 e. The molecule has 0 radical (unpaired) electrons. The summed E-state index contributed by atoms with van der Waals surface area (Å²) in [5.41, 5.74) is -0.0296. The normalized spacial score (nSPS) is 20.2. The number of ether oxygens (including phenoxy) is 2. The van der Waals surface area contributed by atoms with Crippen LogP contribution in [0.15, 0.2) is 24.8 Å². The monoisotopic (exact) mass is 355 g/mol. The second-order valence-electron chi connectivity index (χ2n) is 6.93. The van der Waals surface area contributed by atoms with Crippen LogP contribution in [0.3, 0.4) is 0 Å². The highest BCUT2D eigenvalue weighted by molar-refractivity contribution is 7.81. The van der Waals surface area contributed by atoms with E-state index in [1.54, 1.807) is 19.9 Å². The number of esters is 1. The van der Waals surface area contributed by atoms with E-state index in [0.29, 0.717) is 25.8 Å². The minimum absolute atomic E-state index is 0.451. The Kier molecular flexibility index (Phi) is 6.96. The maximum absolute atomic E-state index is 12.6. The molecule has 2 atom stereocenters. The van der Waals surface area contributed by atoms with Crippen LogP contribution in [0.4, 0.5) is 4.79 Å². The van der Waals surface area contributed by atoms with Crippen LogP contribution in [0.5, 0.6) is 0 Å². The number of thiol groups is 1. The van der Waals surface area contributed by atoms with Crippen LogP contribution in [0.2, 0.25) is 0 Å². The third kappa shape index (κ3) is 5.58. The van der Waals surface area contributed by atoms with Crippen LogP contribution in [0, 0.1) is 0 Å². The molecule has 0 N–H and O–H groups in total. The van der Waals surface area contributed by atoms with Crippen LogP contribution in [0.1, 0.15) is 53.4 Å². The zero-order valence-corrected chi connectivity index (χ0v) is 16.0. The Balaban J connectivity index is 2.82. The standard InChI is InChI=1S/C18H29NO4S/c1-7-8-11-18(6,13(2)3)23-16(21)19-12-9-10-14(19)15(20)22-17(4,5)24/h7,14,24H,1-2,8-12H2,3-6H3. The molecular weight excluding hydrogens is 326 g/mol. The zero-order chi connectivity index (χ0) is 18.5. The Morgan fingerprint density at radius 2 is 1.96 bits per heavy atom. The molecule has 1 amide bonds. The van der Waals surface area contributed by atoms with E-state index in [9.17, 15) is 9.59 Å². The van der Waals surface area contributed by atoms with Gasteiger partial charge in [-0.2, -0.15) is 0 Å². The molecule has 1 heterocycles. The van der Waals surface area contributed by atoms with E-state index in [1.807, 2.05) is 13.8 Å². The molecule has 0 aromatic heterocycles. The minimum atomic E-state index is -0.884. The molecule has 1 aliphatic rings. The second-order valence-corrected chi connectivity index (χ2v) is 8.00. The fraction of sp³-hybridized carbons (Fsp3) is 0.667. The summed E-state index contributed by atoms with van der Waals surface area (Å²) in [4.78, 5) is 25.5. The van der Waals surface area contributed by atoms with Crippen molar-refractivity contribution >= 4 is 24.7 Å². The highest BCUT2D eigenvalue weighted by atomic mass is 32.1. The van der Waals surface area contributed by atoms with E-state index in [2.05, 4.69) is 25.8 Å². The lowest BCUT2D eigenvalue weighted by molar-refractivity contribution is -0.154. The van der Waals surface area contributed by atoms with Gasteiger partial charge in [0.05, 0.1) is 0 Å². The predicted molar refractivity (Wildman–Crippen MR) is 98.0 cm³/mol. The van der Waals surface area contributed by atoms with Crippen molar-refractivity contribution in [3.05, 3.63) is 24.8 Å². The number of likely N-dealkylation sites (tertiary alicyclic amines) is 1. The van der Waals surface area contributed by atoms with E-state index >= 15 is 0 Å². The quantitative estimate of drug-likeness (QED) is 0.323. The van der Waals surface area contributed by atoms with Crippen molar-refractivity contribution in [1.82, 2.24) is 4.90 Å². The highest BCUT2D eigenvalue weighted by Gasteiger charge is 2.40. The van der Waals surface area contributed by atoms with Gasteiger partial charge in [0.25, 0.3) is 0 Å². The van der Waals surface area contributed by atoms with Gasteiger partial charge >= 0.3 is 12.1 Å². The first-order chi connectivity index (χ1) is 11.0. The van der Waals surface area contributed by atoms with Crippen molar-refractivity contribution < 1.29 is 19.1 Å². The van der Waals surface area contributed by atoms with Crippen LogP contribution in [-0.2, 0) is 14.3 Å². The van der Waals surface area contributed by atoms with Gasteiger partial charge < -0.3 is 9.47 Å². The molecule has 1 saturated heterocycles. The lowest BCUT2D eigenvalue weighted by atomic mass is 9.92. The molecule has 5 nitrogen and oxygen atoms in total. The average Bonchev–Trinajstić information content (AvgIpc) is 2.92. The molecule has 1 rings (SSSR count). The summed E-state index contributed by atoms with van der Waals surface area (Å²) in [6.07, 6.45) is 3.87. The number of nitrogens with zero attached hydrogens (tertiary/aromatic N) is 1. The maximum Gasteiger partial charge on any atom is 0.411 e. The lowest BCUT2D eigenvalue weighted by Crippen LogP contribution is -2.46. The van der Waals surface area contributed by atoms with Crippen molar-refractivity contribution in [1.29, 1.82) is 0 Å². The third-order valence-corrected chi connectivity index (χ3v) is 4.24. The van der Waals surface area contributed by atoms with Crippen LogP contribution < -0.4 is 0 Å². The summed E-state index contributed by atoms with van der Waals surface area (Å²) in [6, 6.07) is -0.627. The van der Waals surface area contributed by atoms with Gasteiger partial charge in [0.1, 0.15) is 16.6 Å². The van der Waals surface area contributed by atoms with Crippen molar-refractivity contribution in [3.63, 3.8) is 0 Å². The fourth-order valence-electron chi connectivity index (χ4n) is 2.52. The molecule has 0 saturated carbocycles. The summed E-state index contributed by atoms with van der Waals surface area (Å²) in [7, 11) is 0. The van der Waals surface area contributed by atoms with Crippen molar-refractivity contribution in [3.8, 4) is 0 Å². The molecule has 0 spiro atoms. The molecule has 1 fully saturated rings. The Bertz CT molecular complexity index is 512. The maximum atomic E-state index is 12.6. The second kappa shape index (κ2) is 8.10. The van der Waals surface area contributed by atoms with Crippen molar-refractivity contribution in [2.24, 2.45) is 0 Å². The summed E-state index contributed by atoms with van der Waals surface area (Å²) in [5, 5.41) is 0. The number of amides is 1. The predicted octanol–water partition coefficient (Wildman–Crippen LogP) is 4.10. The van der Waals surface area contributed by atoms with E-state index in [4.69, 9.17) is 9.47 Å². The fourth-order valence-corrected chi connectivity index (χ4v) is 2.61. The summed E-state index contributed by atoms with van der Waals surface area (Å²) in [5.74, 6) is -0.451. The van der Waals surface area contributed by atoms with Crippen molar-refractivity contribution in [2.75, 3.05) is 6.54 Å². The van der Waals surface area contributed by atoms with E-state index in [0.717, 1.165) is 12.0 Å². The van der Waals surface area contributed by atoms with Gasteiger partial charge in [-0.3, -0.25) is 4.90 Å². The first-order valence-corrected chi connectivity index (χ1v) is 8.66. The summed E-state index contributed by atoms with van der Waals surface area (Å²) >= 11 is 4.20. The third-order valence-electron chi connectivity index (χ3n) is 4.15. The molecular formula is C18H29NO4S. The summed E-state index contributed by atoms with van der Waals surface area (Å²) < 4.78 is 11.0. The number of hydrogen-bond acceptors (Lipinski definition) is 5. The van der Waals surface area contributed by atoms with Gasteiger partial charge in [-0.05, 0) is 59.0 Å². The molecule has 0 aromatic carbocycles. The molecule has 136 valence electrons. The van der Waals surface area contributed by atoms with Crippen LogP contribution in [0.25, 0.3) is 0 Å². The van der Waals surface area contributed by atoms with Crippen LogP contribution in [-0.4, -0.2) is 40.1 Å². The van der Waals surface area contributed by atoms with Crippen LogP contribution >= 0.6 is 12.6 Å². The van der Waals surface area contributed by atoms with E-state index in [1.165, 1.54) is 4.90 Å². The number of rotatable bonds is 7. The lowest BCUT2D eigenvalue weighted by Gasteiger charge is -2.33. The molecule has 2 unspecified atom stereocenters. The number of carbonyl (C=O) groups is 2. The molecule has 0 aliphatic carbocycles. The summed E-state index contributed by atoms with van der Waals surface area (Å²) in [6.45, 7) is 15.1. The smallest absolute Gasteiger partial charge is 0.411 e. The topological polar surface area (TPSA) is 55.8 Å². The minimum Gasteiger partial charge on any atom is -0.447 e. The Labute approximate surface area is 150 Å². The van der Waals surface area contributed by atoms with Gasteiger partial charge in [-0.1, -0.05) is 12.7 Å². The molecule has 6 heteroatoms. The van der Waals surface area contributed by atoms with Gasteiger partial charge in [0.2, 0.25) is 0 Å².